The minimum atomic E-state index is -1.00. The summed E-state index contributed by atoms with van der Waals surface area (Å²) in [7, 11) is 0. The summed E-state index contributed by atoms with van der Waals surface area (Å²) < 4.78 is 6.05. The van der Waals surface area contributed by atoms with Crippen molar-refractivity contribution < 1.29 is 24.9 Å². The molecule has 0 amide bonds. The summed E-state index contributed by atoms with van der Waals surface area (Å²) in [6.45, 7) is 8.91. The Bertz CT molecular complexity index is 1130. The van der Waals surface area contributed by atoms with Crippen LogP contribution in [0.5, 0.6) is 0 Å². The van der Waals surface area contributed by atoms with Crippen molar-refractivity contribution in [2.24, 2.45) is 23.2 Å². The van der Waals surface area contributed by atoms with Crippen LogP contribution in [0, 0.1) is 35.0 Å². The van der Waals surface area contributed by atoms with Crippen molar-refractivity contribution in [2.75, 3.05) is 19.8 Å². The number of aliphatic hydroxyl groups excluding tert-OH is 2. The van der Waals surface area contributed by atoms with E-state index in [2.05, 4.69) is 37.5 Å². The summed E-state index contributed by atoms with van der Waals surface area (Å²) in [5.41, 5.74) is 3.32. The third kappa shape index (κ3) is 6.02. The summed E-state index contributed by atoms with van der Waals surface area (Å²) in [6, 6.07) is 0. The Morgan fingerprint density at radius 3 is 2.88 bits per heavy atom. The van der Waals surface area contributed by atoms with Crippen LogP contribution in [-0.4, -0.2) is 53.1 Å². The van der Waals surface area contributed by atoms with Gasteiger partial charge in [-0.1, -0.05) is 65.9 Å². The second-order valence-corrected chi connectivity index (χ2v) is 12.5. The number of carbonyl (C=O) groups is 1. The number of aliphatic hydroxyl groups is 3. The number of rotatable bonds is 5. The van der Waals surface area contributed by atoms with Crippen molar-refractivity contribution in [3.63, 3.8) is 0 Å². The molecule has 0 unspecified atom stereocenters. The molecule has 0 bridgehead atoms. The molecule has 5 nitrogen and oxygen atoms in total. The van der Waals surface area contributed by atoms with Crippen LogP contribution in [0.3, 0.4) is 0 Å². The van der Waals surface area contributed by atoms with Gasteiger partial charge < -0.3 is 20.1 Å². The normalized spacial score (nSPS) is 40.0. The minimum Gasteiger partial charge on any atom is -0.396 e. The van der Waals surface area contributed by atoms with Gasteiger partial charge in [0.05, 0.1) is 18.3 Å². The monoisotopic (exact) mass is 548 g/mol. The topological polar surface area (TPSA) is 87.0 Å². The van der Waals surface area contributed by atoms with Crippen molar-refractivity contribution >= 4 is 6.29 Å². The Labute approximate surface area is 240 Å². The molecule has 0 aromatic rings. The summed E-state index contributed by atoms with van der Waals surface area (Å²) in [6.07, 6.45) is 16.8. The summed E-state index contributed by atoms with van der Waals surface area (Å²) in [4.78, 5) is 12.0. The second-order valence-electron chi connectivity index (χ2n) is 12.5. The van der Waals surface area contributed by atoms with Crippen molar-refractivity contribution in [3.8, 4) is 11.8 Å². The smallest absolute Gasteiger partial charge is 0.145 e. The Morgan fingerprint density at radius 2 is 2.10 bits per heavy atom. The summed E-state index contributed by atoms with van der Waals surface area (Å²) in [5.74, 6) is 6.13. The lowest BCUT2D eigenvalue weighted by Gasteiger charge is -2.61. The SMILES string of the molecule is C=C1/C=C/C=C(/[C@H]2C[C@H]3CCC[C@@]4(O)CC/C(=C(/C)C=O)[C@@H](CCCO)[C@@]34[C@@H]2O)COCC#CC/C(C)=C\CC1. The molecule has 3 N–H and O–H groups in total. The molecular formula is C35H48O5. The van der Waals surface area contributed by atoms with Gasteiger partial charge in [-0.05, 0) is 94.6 Å². The molecule has 1 spiro atoms. The average molecular weight is 549 g/mol. The molecule has 0 aromatic carbocycles. The van der Waals surface area contributed by atoms with E-state index in [1.807, 2.05) is 19.1 Å². The first-order chi connectivity index (χ1) is 19.3. The van der Waals surface area contributed by atoms with Crippen LogP contribution in [0.4, 0.5) is 0 Å². The zero-order valence-corrected chi connectivity index (χ0v) is 24.5. The number of ether oxygens (including phenoxy) is 1. The maximum Gasteiger partial charge on any atom is 0.145 e. The van der Waals surface area contributed by atoms with Crippen LogP contribution in [0.25, 0.3) is 0 Å². The standard InChI is InChI=1S/C35H48O5/c1-25-10-4-5-21-40-24-28(14-7-13-26(2)12-6-11-25)31-22-29-15-8-18-34(39)19-17-30(27(3)23-37)32(16-9-20-36)35(29,34)33(31)38/h7,11,13-14,23,29,31-33,36,38-39H,2,6,8-10,12,15-22,24H2,1,3H3/b13-7+,25-11-,28-14+,30-27+/t29-,31-,32-,33-,34-,35-/m1/s1. The van der Waals surface area contributed by atoms with Gasteiger partial charge in [0.1, 0.15) is 12.9 Å². The molecule has 3 aliphatic carbocycles. The Balaban J connectivity index is 1.73. The second kappa shape index (κ2) is 13.6. The molecule has 3 fully saturated rings. The molecule has 0 radical (unpaired) electrons. The lowest BCUT2D eigenvalue weighted by atomic mass is 9.46. The Morgan fingerprint density at radius 1 is 1.27 bits per heavy atom. The molecule has 4 aliphatic rings. The van der Waals surface area contributed by atoms with Crippen molar-refractivity contribution in [2.45, 2.75) is 96.2 Å². The molecule has 218 valence electrons. The third-order valence-corrected chi connectivity index (χ3v) is 10.2. The van der Waals surface area contributed by atoms with E-state index in [0.717, 1.165) is 61.5 Å². The maximum atomic E-state index is 12.4. The predicted octanol–water partition coefficient (Wildman–Crippen LogP) is 5.77. The van der Waals surface area contributed by atoms with E-state index in [9.17, 15) is 20.1 Å². The Kier molecular flexibility index (Phi) is 10.5. The highest BCUT2D eigenvalue weighted by Crippen LogP contribution is 2.69. The highest BCUT2D eigenvalue weighted by Gasteiger charge is 2.70. The zero-order chi connectivity index (χ0) is 28.8. The van der Waals surface area contributed by atoms with E-state index in [4.69, 9.17) is 4.74 Å². The van der Waals surface area contributed by atoms with E-state index < -0.39 is 17.1 Å². The Hall–Kier alpha value is -2.23. The number of allylic oxidation sites excluding steroid dienone is 8. The quantitative estimate of drug-likeness (QED) is 0.176. The van der Waals surface area contributed by atoms with E-state index >= 15 is 0 Å². The largest absolute Gasteiger partial charge is 0.396 e. The molecule has 40 heavy (non-hydrogen) atoms. The predicted molar refractivity (Wildman–Crippen MR) is 159 cm³/mol. The van der Waals surface area contributed by atoms with Crippen LogP contribution >= 0.6 is 0 Å². The highest BCUT2D eigenvalue weighted by atomic mass is 16.5. The van der Waals surface area contributed by atoms with Crippen LogP contribution in [0.2, 0.25) is 0 Å². The van der Waals surface area contributed by atoms with Crippen molar-refractivity contribution in [1.29, 1.82) is 0 Å². The first-order valence-electron chi connectivity index (χ1n) is 15.2. The number of aldehydes is 1. The van der Waals surface area contributed by atoms with Gasteiger partial charge in [-0.2, -0.15) is 0 Å². The van der Waals surface area contributed by atoms with Crippen LogP contribution in [-0.2, 0) is 9.53 Å². The first kappa shape index (κ1) is 30.7. The molecule has 1 heterocycles. The fraction of sp³-hybridized carbons (Fsp3) is 0.629. The number of hydrogen-bond donors (Lipinski definition) is 3. The lowest BCUT2D eigenvalue weighted by Crippen LogP contribution is -2.65. The lowest BCUT2D eigenvalue weighted by molar-refractivity contribution is -0.215. The van der Waals surface area contributed by atoms with Crippen LogP contribution in [0.15, 0.2) is 58.7 Å². The molecule has 4 rings (SSSR count). The van der Waals surface area contributed by atoms with Gasteiger partial charge in [-0.15, -0.1) is 0 Å². The van der Waals surface area contributed by atoms with Crippen LogP contribution in [0.1, 0.15) is 84.5 Å². The molecule has 5 heteroatoms. The van der Waals surface area contributed by atoms with Gasteiger partial charge in [0.2, 0.25) is 0 Å². The third-order valence-electron chi connectivity index (χ3n) is 10.2. The van der Waals surface area contributed by atoms with Gasteiger partial charge in [-0.25, -0.2) is 0 Å². The minimum absolute atomic E-state index is 0.0480. The summed E-state index contributed by atoms with van der Waals surface area (Å²) >= 11 is 0. The number of hydrogen-bond acceptors (Lipinski definition) is 5. The number of carbonyl (C=O) groups excluding carboxylic acids is 1. The van der Waals surface area contributed by atoms with E-state index in [0.29, 0.717) is 50.9 Å². The zero-order valence-electron chi connectivity index (χ0n) is 24.5. The van der Waals surface area contributed by atoms with Gasteiger partial charge in [0, 0.05) is 24.4 Å². The van der Waals surface area contributed by atoms with Gasteiger partial charge in [0.15, 0.2) is 0 Å². The maximum absolute atomic E-state index is 12.4. The van der Waals surface area contributed by atoms with Crippen LogP contribution < -0.4 is 0 Å². The van der Waals surface area contributed by atoms with Gasteiger partial charge in [-0.3, -0.25) is 4.79 Å². The van der Waals surface area contributed by atoms with Gasteiger partial charge in [0.25, 0.3) is 0 Å². The summed E-state index contributed by atoms with van der Waals surface area (Å²) in [5, 5.41) is 34.5. The first-order valence-corrected chi connectivity index (χ1v) is 15.2. The average Bonchev–Trinajstić information content (AvgIpc) is 3.23. The highest BCUT2D eigenvalue weighted by molar-refractivity contribution is 5.74. The van der Waals surface area contributed by atoms with Crippen molar-refractivity contribution in [3.05, 3.63) is 58.7 Å². The van der Waals surface area contributed by atoms with E-state index in [-0.39, 0.29) is 24.4 Å². The molecule has 0 aromatic heterocycles. The molecule has 1 aliphatic heterocycles. The fourth-order valence-corrected chi connectivity index (χ4v) is 8.36. The fourth-order valence-electron chi connectivity index (χ4n) is 8.36. The molecule has 3 saturated carbocycles. The van der Waals surface area contributed by atoms with Gasteiger partial charge >= 0.3 is 0 Å². The molecular weight excluding hydrogens is 500 g/mol. The van der Waals surface area contributed by atoms with Crippen molar-refractivity contribution in [1.82, 2.24) is 0 Å². The van der Waals surface area contributed by atoms with E-state index in [1.165, 1.54) is 5.57 Å². The molecule has 0 saturated heterocycles. The van der Waals surface area contributed by atoms with E-state index in [1.54, 1.807) is 0 Å². The molecule has 6 atom stereocenters.